The number of carbonyl (C=O) groups excluding carboxylic acids is 1. The number of nitrogens with one attached hydrogen (secondary N) is 2. The molecule has 16 heavy (non-hydrogen) atoms. The number of nitrogens with zero attached hydrogens (tertiary/aromatic N) is 1. The molecular weight excluding hydrogens is 226 g/mol. The van der Waals surface area contributed by atoms with Gasteiger partial charge in [-0.2, -0.15) is 5.10 Å². The SMILES string of the molecule is CNC(=O)c1[nH]nc2c1oc1cc(C)sc12. The Morgan fingerprint density at radius 2 is 2.44 bits per heavy atom. The van der Waals surface area contributed by atoms with Crippen molar-refractivity contribution in [2.45, 2.75) is 6.92 Å². The molecule has 3 aromatic heterocycles. The summed E-state index contributed by atoms with van der Waals surface area (Å²) in [6, 6.07) is 1.95. The van der Waals surface area contributed by atoms with Crippen LogP contribution in [-0.2, 0) is 0 Å². The third kappa shape index (κ3) is 1.10. The van der Waals surface area contributed by atoms with Gasteiger partial charge in [0.1, 0.15) is 15.8 Å². The van der Waals surface area contributed by atoms with Gasteiger partial charge in [-0.25, -0.2) is 0 Å². The van der Waals surface area contributed by atoms with Crippen molar-refractivity contribution >= 4 is 38.6 Å². The van der Waals surface area contributed by atoms with Crippen molar-refractivity contribution in [3.63, 3.8) is 0 Å². The molecule has 5 nitrogen and oxygen atoms in total. The number of aryl methyl sites for hydroxylation is 1. The molecule has 3 rings (SSSR count). The Kier molecular flexibility index (Phi) is 1.81. The molecule has 0 atom stereocenters. The summed E-state index contributed by atoms with van der Waals surface area (Å²) in [5.74, 6) is -0.222. The molecule has 2 N–H and O–H groups in total. The quantitative estimate of drug-likeness (QED) is 0.678. The molecule has 3 heterocycles. The van der Waals surface area contributed by atoms with Gasteiger partial charge in [-0.15, -0.1) is 11.3 Å². The van der Waals surface area contributed by atoms with Crippen LogP contribution in [0.4, 0.5) is 0 Å². The van der Waals surface area contributed by atoms with Gasteiger partial charge in [0.25, 0.3) is 5.91 Å². The van der Waals surface area contributed by atoms with Crippen molar-refractivity contribution in [3.8, 4) is 0 Å². The van der Waals surface area contributed by atoms with Crippen LogP contribution in [0.25, 0.3) is 21.4 Å². The second kappa shape index (κ2) is 3.08. The highest BCUT2D eigenvalue weighted by molar-refractivity contribution is 7.19. The summed E-state index contributed by atoms with van der Waals surface area (Å²) in [5.41, 5.74) is 2.42. The van der Waals surface area contributed by atoms with E-state index in [2.05, 4.69) is 15.5 Å². The average molecular weight is 235 g/mol. The van der Waals surface area contributed by atoms with Crippen LogP contribution < -0.4 is 5.32 Å². The van der Waals surface area contributed by atoms with E-state index in [9.17, 15) is 4.79 Å². The van der Waals surface area contributed by atoms with Gasteiger partial charge in [-0.05, 0) is 13.0 Å². The number of furan rings is 1. The van der Waals surface area contributed by atoms with Crippen LogP contribution >= 0.6 is 11.3 Å². The van der Waals surface area contributed by atoms with Crippen molar-refractivity contribution in [2.75, 3.05) is 7.05 Å². The fourth-order valence-corrected chi connectivity index (χ4v) is 2.63. The molecule has 0 saturated carbocycles. The Morgan fingerprint density at radius 3 is 3.19 bits per heavy atom. The number of rotatable bonds is 1. The Hall–Kier alpha value is -1.82. The van der Waals surface area contributed by atoms with E-state index in [1.54, 1.807) is 18.4 Å². The Bertz CT molecular complexity index is 691. The molecule has 0 unspecified atom stereocenters. The minimum absolute atomic E-state index is 0.222. The van der Waals surface area contributed by atoms with E-state index < -0.39 is 0 Å². The molecule has 0 spiro atoms. The predicted octanol–water partition coefficient (Wildman–Crippen LogP) is 2.04. The number of aromatic nitrogens is 2. The summed E-state index contributed by atoms with van der Waals surface area (Å²) in [5, 5.41) is 9.36. The minimum Gasteiger partial charge on any atom is -0.451 e. The summed E-state index contributed by atoms with van der Waals surface area (Å²) < 4.78 is 6.61. The van der Waals surface area contributed by atoms with Crippen LogP contribution in [0.5, 0.6) is 0 Å². The van der Waals surface area contributed by atoms with Crippen molar-refractivity contribution < 1.29 is 9.21 Å². The van der Waals surface area contributed by atoms with Crippen LogP contribution in [0.2, 0.25) is 0 Å². The van der Waals surface area contributed by atoms with Gasteiger partial charge in [-0.3, -0.25) is 9.89 Å². The molecule has 0 saturated heterocycles. The number of aromatic amines is 1. The number of fused-ring (bicyclic) bond motifs is 3. The van der Waals surface area contributed by atoms with E-state index in [0.29, 0.717) is 11.3 Å². The maximum absolute atomic E-state index is 11.5. The van der Waals surface area contributed by atoms with Crippen molar-refractivity contribution in [1.29, 1.82) is 0 Å². The molecular formula is C10H9N3O2S. The van der Waals surface area contributed by atoms with Crippen LogP contribution in [-0.4, -0.2) is 23.2 Å². The lowest BCUT2D eigenvalue weighted by Crippen LogP contribution is -2.18. The van der Waals surface area contributed by atoms with Gasteiger partial charge >= 0.3 is 0 Å². The molecule has 0 fully saturated rings. The number of hydrogen-bond donors (Lipinski definition) is 2. The van der Waals surface area contributed by atoms with Crippen molar-refractivity contribution in [2.24, 2.45) is 0 Å². The van der Waals surface area contributed by atoms with Crippen LogP contribution in [0.1, 0.15) is 15.4 Å². The van der Waals surface area contributed by atoms with Crippen LogP contribution in [0, 0.1) is 6.92 Å². The van der Waals surface area contributed by atoms with Gasteiger partial charge in [0.05, 0.1) is 0 Å². The first kappa shape index (κ1) is 9.41. The lowest BCUT2D eigenvalue weighted by atomic mass is 10.3. The fourth-order valence-electron chi connectivity index (χ4n) is 1.71. The number of thiophene rings is 1. The smallest absolute Gasteiger partial charge is 0.272 e. The second-order valence-electron chi connectivity index (χ2n) is 3.51. The highest BCUT2D eigenvalue weighted by atomic mass is 32.1. The summed E-state index contributed by atoms with van der Waals surface area (Å²) in [6.45, 7) is 2.01. The Balaban J connectivity index is 2.34. The summed E-state index contributed by atoms with van der Waals surface area (Å²) >= 11 is 1.61. The van der Waals surface area contributed by atoms with Gasteiger partial charge in [0.15, 0.2) is 11.3 Å². The van der Waals surface area contributed by atoms with E-state index in [1.807, 2.05) is 13.0 Å². The number of carbonyl (C=O) groups is 1. The van der Waals surface area contributed by atoms with E-state index >= 15 is 0 Å². The lowest BCUT2D eigenvalue weighted by molar-refractivity contribution is 0.0959. The Labute approximate surface area is 94.4 Å². The zero-order valence-electron chi connectivity index (χ0n) is 8.75. The zero-order valence-corrected chi connectivity index (χ0v) is 9.57. The van der Waals surface area contributed by atoms with E-state index in [-0.39, 0.29) is 5.91 Å². The molecule has 0 aliphatic rings. The number of hydrogen-bond acceptors (Lipinski definition) is 4. The van der Waals surface area contributed by atoms with Crippen molar-refractivity contribution in [3.05, 3.63) is 16.6 Å². The van der Waals surface area contributed by atoms with Crippen LogP contribution in [0.15, 0.2) is 10.5 Å². The van der Waals surface area contributed by atoms with E-state index in [0.717, 1.165) is 15.8 Å². The first-order valence-corrected chi connectivity index (χ1v) is 5.61. The third-order valence-electron chi connectivity index (χ3n) is 2.42. The Morgan fingerprint density at radius 1 is 1.62 bits per heavy atom. The highest BCUT2D eigenvalue weighted by Gasteiger charge is 2.20. The molecule has 0 aliphatic heterocycles. The minimum atomic E-state index is -0.222. The summed E-state index contributed by atoms with van der Waals surface area (Å²) in [4.78, 5) is 12.7. The van der Waals surface area contributed by atoms with E-state index in [1.165, 1.54) is 4.88 Å². The monoisotopic (exact) mass is 235 g/mol. The van der Waals surface area contributed by atoms with Gasteiger partial charge < -0.3 is 9.73 Å². The second-order valence-corrected chi connectivity index (χ2v) is 4.76. The maximum Gasteiger partial charge on any atom is 0.272 e. The third-order valence-corrected chi connectivity index (χ3v) is 3.46. The van der Waals surface area contributed by atoms with Crippen LogP contribution in [0.3, 0.4) is 0 Å². The normalized spacial score (nSPS) is 11.4. The van der Waals surface area contributed by atoms with Gasteiger partial charge in [0.2, 0.25) is 0 Å². The average Bonchev–Trinajstić information content (AvgIpc) is 2.87. The highest BCUT2D eigenvalue weighted by Crippen LogP contribution is 2.34. The molecule has 82 valence electrons. The first-order valence-electron chi connectivity index (χ1n) is 4.80. The zero-order chi connectivity index (χ0) is 11.3. The largest absolute Gasteiger partial charge is 0.451 e. The standard InChI is InChI=1S/C10H9N3O2S/c1-4-3-5-9(16-4)6-8(15-5)7(13-12-6)10(14)11-2/h3H,1-2H3,(H,11,14)(H,12,13). The van der Waals surface area contributed by atoms with E-state index in [4.69, 9.17) is 4.42 Å². The lowest BCUT2D eigenvalue weighted by Gasteiger charge is -1.92. The fraction of sp³-hybridized carbons (Fsp3) is 0.200. The molecule has 0 radical (unpaired) electrons. The van der Waals surface area contributed by atoms with Crippen molar-refractivity contribution in [1.82, 2.24) is 15.5 Å². The first-order chi connectivity index (χ1) is 7.70. The molecule has 6 heteroatoms. The maximum atomic E-state index is 11.5. The molecule has 3 aromatic rings. The topological polar surface area (TPSA) is 70.9 Å². The molecule has 0 aliphatic carbocycles. The predicted molar refractivity (Wildman–Crippen MR) is 61.9 cm³/mol. The van der Waals surface area contributed by atoms with Gasteiger partial charge in [-0.1, -0.05) is 0 Å². The van der Waals surface area contributed by atoms with Gasteiger partial charge in [0, 0.05) is 11.9 Å². The molecule has 0 bridgehead atoms. The molecule has 1 amide bonds. The summed E-state index contributed by atoms with van der Waals surface area (Å²) in [7, 11) is 1.57. The summed E-state index contributed by atoms with van der Waals surface area (Å²) in [6.07, 6.45) is 0. The molecule has 0 aromatic carbocycles. The number of amides is 1. The number of H-pyrrole nitrogens is 1.